The van der Waals surface area contributed by atoms with Gasteiger partial charge < -0.3 is 4.90 Å². The standard InChI is InChI=1S/C18H19N3O/c1-10-6-21(16(22)18-7-17(2,8-18)9-18)15-12-5-20-4-11(3-19)14(12)13(10)15/h4-5,10,13,15H,6-9H2,1-2H3/t10-,13?,15+,17?,18?/m0/s1. The van der Waals surface area contributed by atoms with Crippen molar-refractivity contribution in [2.24, 2.45) is 16.7 Å². The van der Waals surface area contributed by atoms with E-state index in [0.717, 1.165) is 36.9 Å². The zero-order valence-electron chi connectivity index (χ0n) is 13.0. The summed E-state index contributed by atoms with van der Waals surface area (Å²) in [6.45, 7) is 5.32. The number of hydrogen-bond donors (Lipinski definition) is 0. The first kappa shape index (κ1) is 12.6. The van der Waals surface area contributed by atoms with Crippen molar-refractivity contribution in [3.8, 4) is 6.07 Å². The van der Waals surface area contributed by atoms with Gasteiger partial charge in [0.25, 0.3) is 0 Å². The van der Waals surface area contributed by atoms with Gasteiger partial charge in [0, 0.05) is 24.9 Å². The van der Waals surface area contributed by atoms with Gasteiger partial charge in [0.05, 0.1) is 17.0 Å². The van der Waals surface area contributed by atoms with Crippen LogP contribution in [0.2, 0.25) is 0 Å². The van der Waals surface area contributed by atoms with Gasteiger partial charge in [0.1, 0.15) is 6.07 Å². The van der Waals surface area contributed by atoms with Crippen LogP contribution in [-0.2, 0) is 4.79 Å². The number of nitrogens with zero attached hydrogens (tertiary/aromatic N) is 3. The Hall–Kier alpha value is -1.89. The molecule has 0 spiro atoms. The molecule has 1 aromatic heterocycles. The predicted octanol–water partition coefficient (Wildman–Crippen LogP) is 2.76. The number of carbonyl (C=O) groups is 1. The average Bonchev–Trinajstić information content (AvgIpc) is 2.70. The highest BCUT2D eigenvalue weighted by atomic mass is 16.2. The van der Waals surface area contributed by atoms with Crippen LogP contribution in [0, 0.1) is 28.1 Å². The number of fused-ring (bicyclic) bond motifs is 4. The van der Waals surface area contributed by atoms with Crippen LogP contribution in [-0.4, -0.2) is 22.3 Å². The second-order valence-electron chi connectivity index (χ2n) is 8.33. The highest BCUT2D eigenvalue weighted by molar-refractivity contribution is 5.88. The molecule has 2 bridgehead atoms. The van der Waals surface area contributed by atoms with Crippen molar-refractivity contribution in [2.75, 3.05) is 6.54 Å². The molecule has 3 saturated carbocycles. The van der Waals surface area contributed by atoms with E-state index in [1.54, 1.807) is 6.20 Å². The fourth-order valence-electron chi connectivity index (χ4n) is 5.97. The molecule has 112 valence electrons. The lowest BCUT2D eigenvalue weighted by atomic mass is 9.35. The van der Waals surface area contributed by atoms with Gasteiger partial charge in [0.15, 0.2) is 0 Å². The number of hydrogen-bond acceptors (Lipinski definition) is 3. The van der Waals surface area contributed by atoms with Crippen molar-refractivity contribution in [3.63, 3.8) is 0 Å². The van der Waals surface area contributed by atoms with E-state index >= 15 is 0 Å². The van der Waals surface area contributed by atoms with Crippen LogP contribution in [0.3, 0.4) is 0 Å². The molecule has 1 saturated heterocycles. The predicted molar refractivity (Wildman–Crippen MR) is 79.7 cm³/mol. The molecule has 1 unspecified atom stereocenters. The third-order valence-electron chi connectivity index (χ3n) is 6.57. The first-order valence-corrected chi connectivity index (χ1v) is 8.17. The molecule has 3 atom stereocenters. The molecular formula is C18H19N3O. The normalized spacial score (nSPS) is 43.1. The minimum absolute atomic E-state index is 0.0423. The minimum atomic E-state index is -0.0423. The summed E-state index contributed by atoms with van der Waals surface area (Å²) in [4.78, 5) is 19.4. The van der Waals surface area contributed by atoms with E-state index in [0.29, 0.717) is 28.7 Å². The Labute approximate surface area is 130 Å². The number of likely N-dealkylation sites (tertiary alicyclic amines) is 1. The number of nitriles is 1. The number of amides is 1. The quantitative estimate of drug-likeness (QED) is 0.800. The first-order valence-electron chi connectivity index (χ1n) is 8.17. The fourth-order valence-corrected chi connectivity index (χ4v) is 5.97. The van der Waals surface area contributed by atoms with E-state index in [9.17, 15) is 10.1 Å². The largest absolute Gasteiger partial charge is 0.334 e. The van der Waals surface area contributed by atoms with Crippen molar-refractivity contribution < 1.29 is 4.79 Å². The van der Waals surface area contributed by atoms with Gasteiger partial charge >= 0.3 is 0 Å². The zero-order valence-corrected chi connectivity index (χ0v) is 13.0. The lowest BCUT2D eigenvalue weighted by Crippen LogP contribution is -2.67. The van der Waals surface area contributed by atoms with E-state index in [4.69, 9.17) is 0 Å². The molecular weight excluding hydrogens is 274 g/mol. The van der Waals surface area contributed by atoms with E-state index in [-0.39, 0.29) is 11.5 Å². The smallest absolute Gasteiger partial charge is 0.229 e. The van der Waals surface area contributed by atoms with Gasteiger partial charge in [-0.05, 0) is 41.7 Å². The van der Waals surface area contributed by atoms with Crippen molar-refractivity contribution in [1.82, 2.24) is 9.88 Å². The molecule has 1 amide bonds. The monoisotopic (exact) mass is 293 g/mol. The molecule has 22 heavy (non-hydrogen) atoms. The summed E-state index contributed by atoms with van der Waals surface area (Å²) >= 11 is 0. The van der Waals surface area contributed by atoms with E-state index in [1.807, 2.05) is 6.20 Å². The summed E-state index contributed by atoms with van der Waals surface area (Å²) in [5.41, 5.74) is 3.36. The fraction of sp³-hybridized carbons (Fsp3) is 0.611. The Kier molecular flexibility index (Phi) is 2.03. The van der Waals surface area contributed by atoms with Crippen molar-refractivity contribution in [1.29, 1.82) is 5.26 Å². The lowest BCUT2D eigenvalue weighted by molar-refractivity contribution is -0.210. The molecule has 0 radical (unpaired) electrons. The average molecular weight is 293 g/mol. The van der Waals surface area contributed by atoms with Crippen molar-refractivity contribution in [3.05, 3.63) is 29.1 Å². The minimum Gasteiger partial charge on any atom is -0.334 e. The van der Waals surface area contributed by atoms with Crippen LogP contribution in [0.4, 0.5) is 0 Å². The Bertz CT molecular complexity index is 742. The number of rotatable bonds is 1. The molecule has 6 rings (SSSR count). The van der Waals surface area contributed by atoms with Crippen molar-refractivity contribution in [2.45, 2.75) is 45.1 Å². The van der Waals surface area contributed by atoms with Crippen molar-refractivity contribution >= 4 is 5.91 Å². The number of carbonyl (C=O) groups excluding carboxylic acids is 1. The van der Waals surface area contributed by atoms with Gasteiger partial charge in [-0.3, -0.25) is 9.78 Å². The third kappa shape index (κ3) is 1.21. The molecule has 4 fully saturated rings. The molecule has 0 aromatic carbocycles. The first-order chi connectivity index (χ1) is 10.5. The second kappa shape index (κ2) is 3.53. The topological polar surface area (TPSA) is 57.0 Å². The maximum Gasteiger partial charge on any atom is 0.229 e. The van der Waals surface area contributed by atoms with E-state index in [1.165, 1.54) is 0 Å². The zero-order chi connectivity index (χ0) is 15.3. The van der Waals surface area contributed by atoms with Gasteiger partial charge in [-0.15, -0.1) is 0 Å². The van der Waals surface area contributed by atoms with E-state index < -0.39 is 0 Å². The highest BCUT2D eigenvalue weighted by Gasteiger charge is 2.71. The van der Waals surface area contributed by atoms with Crippen LogP contribution in [0.25, 0.3) is 0 Å². The highest BCUT2D eigenvalue weighted by Crippen LogP contribution is 2.74. The molecule has 1 aromatic rings. The van der Waals surface area contributed by atoms with E-state index in [2.05, 4.69) is 29.8 Å². The summed E-state index contributed by atoms with van der Waals surface area (Å²) in [5.74, 6) is 1.13. The van der Waals surface area contributed by atoms with Crippen LogP contribution in [0.5, 0.6) is 0 Å². The number of pyridine rings is 1. The third-order valence-corrected chi connectivity index (χ3v) is 6.57. The molecule has 4 heteroatoms. The molecule has 0 N–H and O–H groups in total. The maximum atomic E-state index is 13.1. The number of aromatic nitrogens is 1. The molecule has 5 aliphatic rings. The molecule has 4 aliphatic carbocycles. The second-order valence-corrected chi connectivity index (χ2v) is 8.33. The SMILES string of the molecule is C[C@H]1CN(C(=O)C23CC(C)(C2)C3)[C@@H]2c3cncc(C#N)c3C21. The van der Waals surface area contributed by atoms with Crippen LogP contribution < -0.4 is 0 Å². The molecule has 1 aliphatic heterocycles. The van der Waals surface area contributed by atoms with Gasteiger partial charge in [-0.2, -0.15) is 5.26 Å². The summed E-state index contributed by atoms with van der Waals surface area (Å²) in [5, 5.41) is 9.30. The Balaban J connectivity index is 1.50. The summed E-state index contributed by atoms with van der Waals surface area (Å²) in [6, 6.07) is 2.43. The Morgan fingerprint density at radius 1 is 1.41 bits per heavy atom. The van der Waals surface area contributed by atoms with Crippen LogP contribution >= 0.6 is 0 Å². The molecule has 4 nitrogen and oxygen atoms in total. The Morgan fingerprint density at radius 3 is 2.77 bits per heavy atom. The summed E-state index contributed by atoms with van der Waals surface area (Å²) < 4.78 is 0. The van der Waals surface area contributed by atoms with Crippen LogP contribution in [0.15, 0.2) is 12.4 Å². The summed E-state index contributed by atoms with van der Waals surface area (Å²) in [6.07, 6.45) is 6.74. The van der Waals surface area contributed by atoms with Gasteiger partial charge in [0.2, 0.25) is 5.91 Å². The van der Waals surface area contributed by atoms with Crippen LogP contribution in [0.1, 0.15) is 61.8 Å². The lowest BCUT2D eigenvalue weighted by Gasteiger charge is -2.69. The van der Waals surface area contributed by atoms with Gasteiger partial charge in [-0.1, -0.05) is 13.8 Å². The van der Waals surface area contributed by atoms with Gasteiger partial charge in [-0.25, -0.2) is 0 Å². The Morgan fingerprint density at radius 2 is 2.14 bits per heavy atom. The molecule has 2 heterocycles. The summed E-state index contributed by atoms with van der Waals surface area (Å²) in [7, 11) is 0. The maximum absolute atomic E-state index is 13.1.